The van der Waals surface area contributed by atoms with E-state index in [9.17, 15) is 0 Å². The molecule has 0 fully saturated rings. The van der Waals surface area contributed by atoms with Crippen molar-refractivity contribution in [1.29, 1.82) is 0 Å². The molecule has 6 heteroatoms. The van der Waals surface area contributed by atoms with Crippen LogP contribution >= 0.6 is 46.4 Å². The molecule has 29 heavy (non-hydrogen) atoms. The summed E-state index contributed by atoms with van der Waals surface area (Å²) in [5.74, 6) is 0. The van der Waals surface area contributed by atoms with Crippen LogP contribution in [0, 0.1) is 6.92 Å². The van der Waals surface area contributed by atoms with Crippen molar-refractivity contribution in [2.45, 2.75) is 13.5 Å². The number of benzene rings is 3. The summed E-state index contributed by atoms with van der Waals surface area (Å²) in [5.41, 5.74) is 5.93. The van der Waals surface area contributed by atoms with Gasteiger partial charge in [0.25, 0.3) is 0 Å². The first-order chi connectivity index (χ1) is 13.9. The Morgan fingerprint density at radius 1 is 0.724 bits per heavy atom. The van der Waals surface area contributed by atoms with Gasteiger partial charge in [-0.2, -0.15) is 5.10 Å². The van der Waals surface area contributed by atoms with E-state index < -0.39 is 0 Å². The quantitative estimate of drug-likeness (QED) is 0.299. The van der Waals surface area contributed by atoms with E-state index in [1.54, 1.807) is 12.1 Å². The van der Waals surface area contributed by atoms with E-state index in [-0.39, 0.29) is 0 Å². The maximum absolute atomic E-state index is 6.27. The Hall–Kier alpha value is -1.97. The second kappa shape index (κ2) is 8.41. The molecular weight excluding hydrogens is 446 g/mol. The molecule has 0 atom stereocenters. The van der Waals surface area contributed by atoms with Crippen LogP contribution in [-0.4, -0.2) is 9.78 Å². The van der Waals surface area contributed by atoms with Crippen LogP contribution in [0.5, 0.6) is 0 Å². The van der Waals surface area contributed by atoms with Crippen molar-refractivity contribution in [3.05, 3.63) is 97.9 Å². The molecule has 0 amide bonds. The average molecular weight is 462 g/mol. The SMILES string of the molecule is Cc1cccc(Cn2nc(-c3ccc(Cl)c(Cl)c3)cc2-c2ccc(Cl)c(Cl)c2)c1. The molecule has 0 bridgehead atoms. The lowest BCUT2D eigenvalue weighted by Gasteiger charge is -2.09. The van der Waals surface area contributed by atoms with Gasteiger partial charge in [0.15, 0.2) is 0 Å². The lowest BCUT2D eigenvalue weighted by atomic mass is 10.1. The predicted molar refractivity (Wildman–Crippen MR) is 123 cm³/mol. The van der Waals surface area contributed by atoms with Crippen LogP contribution in [0.1, 0.15) is 11.1 Å². The second-order valence-electron chi connectivity index (χ2n) is 6.82. The molecule has 0 aliphatic carbocycles. The summed E-state index contributed by atoms with van der Waals surface area (Å²) in [5, 5.41) is 6.87. The second-order valence-corrected chi connectivity index (χ2v) is 8.45. The fourth-order valence-electron chi connectivity index (χ4n) is 3.21. The van der Waals surface area contributed by atoms with E-state index in [2.05, 4.69) is 25.1 Å². The average Bonchev–Trinajstić information content (AvgIpc) is 3.10. The largest absolute Gasteiger partial charge is 0.260 e. The maximum atomic E-state index is 6.27. The fourth-order valence-corrected chi connectivity index (χ4v) is 3.80. The summed E-state index contributed by atoms with van der Waals surface area (Å²) in [6.07, 6.45) is 0. The minimum Gasteiger partial charge on any atom is -0.260 e. The minimum absolute atomic E-state index is 0.494. The molecule has 0 radical (unpaired) electrons. The highest BCUT2D eigenvalue weighted by Crippen LogP contribution is 2.33. The Bertz CT molecular complexity index is 1200. The van der Waals surface area contributed by atoms with Gasteiger partial charge in [-0.05, 0) is 42.8 Å². The zero-order valence-corrected chi connectivity index (χ0v) is 18.5. The first-order valence-electron chi connectivity index (χ1n) is 8.95. The number of rotatable bonds is 4. The lowest BCUT2D eigenvalue weighted by Crippen LogP contribution is -2.04. The van der Waals surface area contributed by atoms with Crippen LogP contribution in [0.2, 0.25) is 20.1 Å². The summed E-state index contributed by atoms with van der Waals surface area (Å²) in [7, 11) is 0. The molecule has 0 saturated carbocycles. The third kappa shape index (κ3) is 4.46. The highest BCUT2D eigenvalue weighted by Gasteiger charge is 2.14. The Morgan fingerprint density at radius 2 is 1.38 bits per heavy atom. The van der Waals surface area contributed by atoms with Crippen LogP contribution in [0.15, 0.2) is 66.7 Å². The molecule has 1 aromatic heterocycles. The van der Waals surface area contributed by atoms with Gasteiger partial charge in [-0.15, -0.1) is 0 Å². The highest BCUT2D eigenvalue weighted by molar-refractivity contribution is 6.42. The number of aryl methyl sites for hydroxylation is 1. The van der Waals surface area contributed by atoms with Gasteiger partial charge >= 0.3 is 0 Å². The van der Waals surface area contributed by atoms with Gasteiger partial charge in [-0.25, -0.2) is 0 Å². The number of hydrogen-bond acceptors (Lipinski definition) is 1. The Balaban J connectivity index is 1.83. The molecule has 3 aromatic carbocycles. The summed E-state index contributed by atoms with van der Waals surface area (Å²) in [6, 6.07) is 21.5. The van der Waals surface area contributed by atoms with E-state index in [1.165, 1.54) is 5.56 Å². The van der Waals surface area contributed by atoms with Crippen molar-refractivity contribution in [3.8, 4) is 22.5 Å². The molecule has 0 spiro atoms. The Labute approximate surface area is 189 Å². The monoisotopic (exact) mass is 460 g/mol. The van der Waals surface area contributed by atoms with Crippen LogP contribution in [0.25, 0.3) is 22.5 Å². The van der Waals surface area contributed by atoms with Gasteiger partial charge in [0.2, 0.25) is 0 Å². The summed E-state index contributed by atoms with van der Waals surface area (Å²) in [6.45, 7) is 2.70. The molecule has 2 nitrogen and oxygen atoms in total. The first kappa shape index (κ1) is 20.3. The van der Waals surface area contributed by atoms with Gasteiger partial charge < -0.3 is 0 Å². The van der Waals surface area contributed by atoms with Gasteiger partial charge in [-0.1, -0.05) is 88.4 Å². The lowest BCUT2D eigenvalue weighted by molar-refractivity contribution is 0.696. The highest BCUT2D eigenvalue weighted by atomic mass is 35.5. The summed E-state index contributed by atoms with van der Waals surface area (Å²) < 4.78 is 1.96. The Kier molecular flexibility index (Phi) is 5.89. The van der Waals surface area contributed by atoms with E-state index in [1.807, 2.05) is 41.1 Å². The molecule has 146 valence electrons. The van der Waals surface area contributed by atoms with Crippen molar-refractivity contribution >= 4 is 46.4 Å². The van der Waals surface area contributed by atoms with Crippen molar-refractivity contribution in [2.75, 3.05) is 0 Å². The van der Waals surface area contributed by atoms with E-state index in [4.69, 9.17) is 51.5 Å². The molecule has 0 aliphatic heterocycles. The fraction of sp³-hybridized carbons (Fsp3) is 0.0870. The normalized spacial score (nSPS) is 11.1. The predicted octanol–water partition coefficient (Wildman–Crippen LogP) is 8.19. The van der Waals surface area contributed by atoms with Gasteiger partial charge in [0, 0.05) is 11.1 Å². The zero-order chi connectivity index (χ0) is 20.5. The van der Waals surface area contributed by atoms with Crippen molar-refractivity contribution < 1.29 is 0 Å². The van der Waals surface area contributed by atoms with Crippen LogP contribution in [0.4, 0.5) is 0 Å². The van der Waals surface area contributed by atoms with E-state index in [0.29, 0.717) is 26.6 Å². The summed E-state index contributed by atoms with van der Waals surface area (Å²) >= 11 is 24.7. The Morgan fingerprint density at radius 3 is 2.03 bits per heavy atom. The minimum atomic E-state index is 0.494. The first-order valence-corrected chi connectivity index (χ1v) is 10.5. The molecule has 0 aliphatic rings. The maximum Gasteiger partial charge on any atom is 0.0930 e. The zero-order valence-electron chi connectivity index (χ0n) is 15.5. The standard InChI is InChI=1S/C23H16Cl4N2/c1-14-3-2-4-15(9-14)13-29-23(17-6-8-19(25)21(27)11-17)12-22(28-29)16-5-7-18(24)20(26)10-16/h2-12H,13H2,1H3. The number of nitrogens with zero attached hydrogens (tertiary/aromatic N) is 2. The van der Waals surface area contributed by atoms with Gasteiger partial charge in [0.1, 0.15) is 0 Å². The van der Waals surface area contributed by atoms with Crippen molar-refractivity contribution in [1.82, 2.24) is 9.78 Å². The van der Waals surface area contributed by atoms with Crippen molar-refractivity contribution in [3.63, 3.8) is 0 Å². The molecule has 4 rings (SSSR count). The van der Waals surface area contributed by atoms with E-state index in [0.717, 1.165) is 28.1 Å². The molecule has 0 N–H and O–H groups in total. The number of halogens is 4. The number of aromatic nitrogens is 2. The molecule has 1 heterocycles. The molecule has 0 unspecified atom stereocenters. The third-order valence-electron chi connectivity index (χ3n) is 4.63. The van der Waals surface area contributed by atoms with Crippen LogP contribution in [0.3, 0.4) is 0 Å². The van der Waals surface area contributed by atoms with Crippen molar-refractivity contribution in [2.24, 2.45) is 0 Å². The van der Waals surface area contributed by atoms with Gasteiger partial charge in [-0.3, -0.25) is 4.68 Å². The topological polar surface area (TPSA) is 17.8 Å². The smallest absolute Gasteiger partial charge is 0.0930 e. The van der Waals surface area contributed by atoms with E-state index >= 15 is 0 Å². The molecule has 4 aromatic rings. The number of hydrogen-bond donors (Lipinski definition) is 0. The van der Waals surface area contributed by atoms with Crippen LogP contribution < -0.4 is 0 Å². The molecule has 0 saturated heterocycles. The van der Waals surface area contributed by atoms with Crippen LogP contribution in [-0.2, 0) is 6.54 Å². The van der Waals surface area contributed by atoms with Gasteiger partial charge in [0.05, 0.1) is 38.0 Å². The molecular formula is C23H16Cl4N2. The third-order valence-corrected chi connectivity index (χ3v) is 6.10. The summed E-state index contributed by atoms with van der Waals surface area (Å²) in [4.78, 5) is 0.